The Hall–Kier alpha value is -0.960. The highest BCUT2D eigenvalue weighted by Crippen LogP contribution is 2.36. The van der Waals surface area contributed by atoms with Crippen LogP contribution in [0.5, 0.6) is 0 Å². The predicted octanol–water partition coefficient (Wildman–Crippen LogP) is 3.79. The second kappa shape index (κ2) is 10.3. The smallest absolute Gasteiger partial charge is 0.246 e. The molecule has 1 aromatic rings. The van der Waals surface area contributed by atoms with E-state index in [1.54, 1.807) is 18.4 Å². The highest BCUT2D eigenvalue weighted by Gasteiger charge is 2.53. The van der Waals surface area contributed by atoms with Crippen molar-refractivity contribution in [2.75, 3.05) is 33.4 Å². The van der Waals surface area contributed by atoms with E-state index in [0.29, 0.717) is 31.9 Å². The summed E-state index contributed by atoms with van der Waals surface area (Å²) in [5.74, 6) is 0.689. The summed E-state index contributed by atoms with van der Waals surface area (Å²) in [6.45, 7) is 3.47. The van der Waals surface area contributed by atoms with Crippen LogP contribution in [-0.4, -0.2) is 66.5 Å². The van der Waals surface area contributed by atoms with E-state index >= 15 is 0 Å². The molecular formula is C23H34BrN3O3S. The number of rotatable bonds is 7. The van der Waals surface area contributed by atoms with Crippen molar-refractivity contribution in [1.82, 2.24) is 15.1 Å². The lowest BCUT2D eigenvalue weighted by molar-refractivity contribution is -0.162. The molecule has 1 aromatic heterocycles. The van der Waals surface area contributed by atoms with Crippen molar-refractivity contribution in [3.63, 3.8) is 0 Å². The average molecular weight is 513 g/mol. The third-order valence-corrected chi connectivity index (χ3v) is 8.92. The number of piperidine rings is 1. The minimum atomic E-state index is -0.731. The summed E-state index contributed by atoms with van der Waals surface area (Å²) < 4.78 is 6.45. The van der Waals surface area contributed by atoms with Crippen molar-refractivity contribution >= 4 is 39.1 Å². The summed E-state index contributed by atoms with van der Waals surface area (Å²) >= 11 is 5.29. The first-order chi connectivity index (χ1) is 15.0. The van der Waals surface area contributed by atoms with Crippen LogP contribution in [0.4, 0.5) is 0 Å². The van der Waals surface area contributed by atoms with Crippen LogP contribution in [0.1, 0.15) is 56.2 Å². The van der Waals surface area contributed by atoms with Gasteiger partial charge in [0.25, 0.3) is 0 Å². The standard InChI is InChI=1S/C23H34BrN3O3S/c1-30-14-13-27-21(28)19(15-17-5-3-2-4-6-17)25-22(29)23(27)9-11-26(12-10-23)16-18-7-8-20(24)31-18/h7-8,17,19H,2-6,9-16H2,1H3,(H,25,29). The van der Waals surface area contributed by atoms with Gasteiger partial charge in [-0.1, -0.05) is 32.1 Å². The number of carbonyl (C=O) groups excluding carboxylic acids is 2. The van der Waals surface area contributed by atoms with Crippen molar-refractivity contribution in [3.8, 4) is 0 Å². The first-order valence-corrected chi connectivity index (χ1v) is 13.2. The fourth-order valence-electron chi connectivity index (χ4n) is 5.53. The zero-order chi connectivity index (χ0) is 21.8. The van der Waals surface area contributed by atoms with E-state index in [1.807, 2.05) is 4.90 Å². The SMILES string of the molecule is COCCN1C(=O)C(CC2CCCCC2)NC(=O)C12CCN(Cc1ccc(Br)s1)CC2. The van der Waals surface area contributed by atoms with Crippen molar-refractivity contribution < 1.29 is 14.3 Å². The fourth-order valence-corrected chi connectivity index (χ4v) is 7.06. The van der Waals surface area contributed by atoms with Gasteiger partial charge in [-0.2, -0.15) is 0 Å². The number of likely N-dealkylation sites (tertiary alicyclic amines) is 1. The van der Waals surface area contributed by atoms with Gasteiger partial charge >= 0.3 is 0 Å². The maximum absolute atomic E-state index is 13.5. The van der Waals surface area contributed by atoms with Crippen LogP contribution in [0, 0.1) is 5.92 Å². The molecule has 0 bridgehead atoms. The topological polar surface area (TPSA) is 61.9 Å². The van der Waals surface area contributed by atoms with Gasteiger partial charge in [0, 0.05) is 38.2 Å². The molecule has 3 aliphatic rings. The summed E-state index contributed by atoms with van der Waals surface area (Å²) in [6, 6.07) is 3.86. The van der Waals surface area contributed by atoms with Gasteiger partial charge in [-0.3, -0.25) is 14.5 Å². The van der Waals surface area contributed by atoms with Crippen LogP contribution >= 0.6 is 27.3 Å². The molecule has 0 aromatic carbocycles. The molecule has 3 heterocycles. The minimum Gasteiger partial charge on any atom is -0.383 e. The Labute approximate surface area is 197 Å². The number of ether oxygens (including phenoxy) is 1. The molecule has 2 aliphatic heterocycles. The first kappa shape index (κ1) is 23.2. The summed E-state index contributed by atoms with van der Waals surface area (Å²) in [4.78, 5) is 32.6. The van der Waals surface area contributed by atoms with Gasteiger partial charge in [0.1, 0.15) is 11.6 Å². The first-order valence-electron chi connectivity index (χ1n) is 11.6. The Balaban J connectivity index is 1.44. The van der Waals surface area contributed by atoms with E-state index in [9.17, 15) is 9.59 Å². The quantitative estimate of drug-likeness (QED) is 0.604. The normalized spacial score (nSPS) is 25.2. The monoisotopic (exact) mass is 511 g/mol. The van der Waals surface area contributed by atoms with Gasteiger partial charge in [0.15, 0.2) is 0 Å². The van der Waals surface area contributed by atoms with Crippen LogP contribution < -0.4 is 5.32 Å². The number of methoxy groups -OCH3 is 1. The zero-order valence-electron chi connectivity index (χ0n) is 18.4. The molecule has 1 N–H and O–H groups in total. The highest BCUT2D eigenvalue weighted by atomic mass is 79.9. The van der Waals surface area contributed by atoms with Crippen molar-refractivity contribution in [3.05, 3.63) is 20.8 Å². The molecule has 31 heavy (non-hydrogen) atoms. The number of hydrogen-bond acceptors (Lipinski definition) is 5. The third kappa shape index (κ3) is 5.18. The van der Waals surface area contributed by atoms with E-state index < -0.39 is 5.54 Å². The Morgan fingerprint density at radius 3 is 2.58 bits per heavy atom. The van der Waals surface area contributed by atoms with Crippen LogP contribution in [0.2, 0.25) is 0 Å². The number of carbonyl (C=O) groups is 2. The number of halogens is 1. The molecule has 1 saturated carbocycles. The minimum absolute atomic E-state index is 0.0440. The molecule has 2 amide bonds. The molecule has 3 fully saturated rings. The van der Waals surface area contributed by atoms with Crippen molar-refractivity contribution in [2.24, 2.45) is 5.92 Å². The van der Waals surface area contributed by atoms with Gasteiger partial charge in [0.05, 0.1) is 10.4 Å². The molecule has 0 radical (unpaired) electrons. The molecule has 8 heteroatoms. The Kier molecular flexibility index (Phi) is 7.72. The second-order valence-corrected chi connectivity index (χ2v) is 11.8. The maximum atomic E-state index is 13.5. The maximum Gasteiger partial charge on any atom is 0.246 e. The fraction of sp³-hybridized carbons (Fsp3) is 0.739. The Morgan fingerprint density at radius 2 is 1.94 bits per heavy atom. The zero-order valence-corrected chi connectivity index (χ0v) is 20.8. The number of nitrogens with zero attached hydrogens (tertiary/aromatic N) is 2. The summed E-state index contributed by atoms with van der Waals surface area (Å²) in [7, 11) is 1.66. The van der Waals surface area contributed by atoms with Crippen LogP contribution in [0.25, 0.3) is 0 Å². The van der Waals surface area contributed by atoms with Crippen molar-refractivity contribution in [1.29, 1.82) is 0 Å². The molecule has 6 nitrogen and oxygen atoms in total. The van der Waals surface area contributed by atoms with Gasteiger partial charge in [-0.15, -0.1) is 11.3 Å². The molecule has 1 atom stereocenters. The van der Waals surface area contributed by atoms with E-state index in [1.165, 1.54) is 37.0 Å². The molecule has 1 spiro atoms. The largest absolute Gasteiger partial charge is 0.383 e. The van der Waals surface area contributed by atoms with E-state index in [4.69, 9.17) is 4.74 Å². The number of thiophene rings is 1. The number of amides is 2. The summed E-state index contributed by atoms with van der Waals surface area (Å²) in [5, 5.41) is 3.15. The lowest BCUT2D eigenvalue weighted by atomic mass is 9.79. The van der Waals surface area contributed by atoms with Gasteiger partial charge in [-0.25, -0.2) is 0 Å². The van der Waals surface area contributed by atoms with E-state index in [-0.39, 0.29) is 17.9 Å². The highest BCUT2D eigenvalue weighted by molar-refractivity contribution is 9.11. The molecule has 4 rings (SSSR count). The van der Waals surface area contributed by atoms with Crippen LogP contribution in [0.15, 0.2) is 15.9 Å². The predicted molar refractivity (Wildman–Crippen MR) is 126 cm³/mol. The summed E-state index contributed by atoms with van der Waals surface area (Å²) in [6.07, 6.45) is 8.27. The van der Waals surface area contributed by atoms with Gasteiger partial charge < -0.3 is 15.0 Å². The lowest BCUT2D eigenvalue weighted by Crippen LogP contribution is -2.73. The van der Waals surface area contributed by atoms with Crippen LogP contribution in [-0.2, 0) is 20.9 Å². The lowest BCUT2D eigenvalue weighted by Gasteiger charge is -2.52. The Morgan fingerprint density at radius 1 is 1.19 bits per heavy atom. The molecule has 172 valence electrons. The van der Waals surface area contributed by atoms with E-state index in [2.05, 4.69) is 38.3 Å². The van der Waals surface area contributed by atoms with E-state index in [0.717, 1.165) is 29.8 Å². The summed E-state index contributed by atoms with van der Waals surface area (Å²) in [5.41, 5.74) is -0.731. The molecule has 1 aliphatic carbocycles. The Bertz CT molecular complexity index is 772. The molecule has 2 saturated heterocycles. The molecule has 1 unspecified atom stereocenters. The number of hydrogen-bond donors (Lipinski definition) is 1. The van der Waals surface area contributed by atoms with Crippen LogP contribution in [0.3, 0.4) is 0 Å². The number of piperazine rings is 1. The van der Waals surface area contributed by atoms with Crippen molar-refractivity contribution in [2.45, 2.75) is 69.5 Å². The number of nitrogens with one attached hydrogen (secondary N) is 1. The average Bonchev–Trinajstić information content (AvgIpc) is 3.19. The van der Waals surface area contributed by atoms with Gasteiger partial charge in [0.2, 0.25) is 11.8 Å². The molecular weight excluding hydrogens is 478 g/mol. The third-order valence-electron chi connectivity index (χ3n) is 7.31. The second-order valence-electron chi connectivity index (χ2n) is 9.26. The van der Waals surface area contributed by atoms with Gasteiger partial charge in [-0.05, 0) is 53.2 Å².